The summed E-state index contributed by atoms with van der Waals surface area (Å²) in [4.78, 5) is 39.5. The predicted octanol–water partition coefficient (Wildman–Crippen LogP) is 1.91. The van der Waals surface area contributed by atoms with Crippen LogP contribution in [0.25, 0.3) is 0 Å². The van der Waals surface area contributed by atoms with Gasteiger partial charge in [0.1, 0.15) is 23.0 Å². The van der Waals surface area contributed by atoms with Gasteiger partial charge in [-0.3, -0.25) is 14.4 Å². The van der Waals surface area contributed by atoms with Gasteiger partial charge in [-0.2, -0.15) is 0 Å². The number of ketones is 3. The molecule has 5 N–H and O–H groups in total. The molecule has 0 radical (unpaired) electrons. The van der Waals surface area contributed by atoms with E-state index in [2.05, 4.69) is 0 Å². The summed E-state index contributed by atoms with van der Waals surface area (Å²) in [5.74, 6) is -2.80. The van der Waals surface area contributed by atoms with E-state index in [1.165, 1.54) is 26.2 Å². The van der Waals surface area contributed by atoms with Gasteiger partial charge >= 0.3 is 0 Å². The molecule has 0 saturated carbocycles. The number of phenolic OH excluding ortho intramolecular Hbond substituents is 2. The van der Waals surface area contributed by atoms with Gasteiger partial charge in [0.25, 0.3) is 0 Å². The molecular formula is C27H29NO9. The first kappa shape index (κ1) is 25.3. The lowest BCUT2D eigenvalue weighted by Crippen LogP contribution is -2.52. The van der Waals surface area contributed by atoms with Crippen molar-refractivity contribution < 1.29 is 43.9 Å². The van der Waals surface area contributed by atoms with Gasteiger partial charge in [-0.15, -0.1) is 0 Å². The highest BCUT2D eigenvalue weighted by Crippen LogP contribution is 2.51. The molecule has 1 fully saturated rings. The number of methoxy groups -OCH3 is 1. The molecule has 0 spiro atoms. The van der Waals surface area contributed by atoms with Crippen molar-refractivity contribution in [1.29, 1.82) is 0 Å². The van der Waals surface area contributed by atoms with Crippen LogP contribution in [-0.4, -0.2) is 64.3 Å². The van der Waals surface area contributed by atoms with E-state index >= 15 is 0 Å². The van der Waals surface area contributed by atoms with Crippen LogP contribution < -0.4 is 10.5 Å². The fraction of sp³-hybridized carbons (Fsp3) is 0.444. The van der Waals surface area contributed by atoms with Crippen molar-refractivity contribution in [3.63, 3.8) is 0 Å². The van der Waals surface area contributed by atoms with Crippen molar-refractivity contribution in [2.75, 3.05) is 7.11 Å². The number of benzene rings is 2. The molecule has 2 aliphatic carbocycles. The van der Waals surface area contributed by atoms with Crippen LogP contribution in [0.15, 0.2) is 18.2 Å². The van der Waals surface area contributed by atoms with Crippen LogP contribution in [0.3, 0.4) is 0 Å². The minimum atomic E-state index is -0.949. The molecule has 3 aliphatic rings. The molecule has 6 atom stereocenters. The number of carbonyl (C=O) groups is 3. The lowest BCUT2D eigenvalue weighted by Gasteiger charge is -2.40. The molecule has 1 aliphatic heterocycles. The summed E-state index contributed by atoms with van der Waals surface area (Å²) < 4.78 is 17.2. The van der Waals surface area contributed by atoms with Crippen molar-refractivity contribution in [2.45, 2.75) is 63.8 Å². The molecule has 10 nitrogen and oxygen atoms in total. The van der Waals surface area contributed by atoms with E-state index in [-0.39, 0.29) is 64.2 Å². The average molecular weight is 512 g/mol. The van der Waals surface area contributed by atoms with Crippen molar-refractivity contribution in [3.8, 4) is 17.2 Å². The number of hydrogen-bond acceptors (Lipinski definition) is 10. The number of ether oxygens (including phenoxy) is 3. The summed E-state index contributed by atoms with van der Waals surface area (Å²) in [5.41, 5.74) is 5.75. The Morgan fingerprint density at radius 1 is 1.08 bits per heavy atom. The number of carbonyl (C=O) groups excluding carboxylic acids is 3. The fourth-order valence-corrected chi connectivity index (χ4v) is 5.67. The van der Waals surface area contributed by atoms with E-state index in [4.69, 9.17) is 19.9 Å². The quantitative estimate of drug-likeness (QED) is 0.380. The molecular weight excluding hydrogens is 482 g/mol. The maximum Gasteiger partial charge on any atom is 0.202 e. The monoisotopic (exact) mass is 511 g/mol. The van der Waals surface area contributed by atoms with E-state index in [1.807, 2.05) is 0 Å². The van der Waals surface area contributed by atoms with Crippen molar-refractivity contribution in [1.82, 2.24) is 0 Å². The van der Waals surface area contributed by atoms with Gasteiger partial charge in [0.05, 0.1) is 42.1 Å². The van der Waals surface area contributed by atoms with E-state index in [0.29, 0.717) is 0 Å². The maximum absolute atomic E-state index is 13.6. The first-order valence-corrected chi connectivity index (χ1v) is 12.2. The van der Waals surface area contributed by atoms with E-state index in [9.17, 15) is 29.7 Å². The molecule has 2 aromatic rings. The first-order valence-electron chi connectivity index (χ1n) is 12.2. The second kappa shape index (κ2) is 9.21. The number of fused-ring (bicyclic) bond motifs is 3. The third-order valence-electron chi connectivity index (χ3n) is 7.67. The van der Waals surface area contributed by atoms with Gasteiger partial charge in [-0.25, -0.2) is 0 Å². The van der Waals surface area contributed by atoms with Crippen LogP contribution in [0.1, 0.15) is 75.8 Å². The number of Topliss-reactive ketones (excluding diaryl/α,β-unsaturated/α-hetero) is 1. The van der Waals surface area contributed by atoms with Crippen LogP contribution in [0.2, 0.25) is 0 Å². The second-order valence-electron chi connectivity index (χ2n) is 9.91. The Hall–Kier alpha value is -3.31. The Labute approximate surface area is 212 Å². The third kappa shape index (κ3) is 3.91. The highest BCUT2D eigenvalue weighted by atomic mass is 16.7. The molecule has 0 amide bonds. The van der Waals surface area contributed by atoms with Crippen LogP contribution in [0.5, 0.6) is 17.2 Å². The predicted molar refractivity (Wildman–Crippen MR) is 129 cm³/mol. The SMILES string of the molecule is COc1cccc2c1C(=O)c1c(O)c3c(c(O)c1C2=O)C[C@@H](C(C)=O)C[C@@H]3OC1CC(N)C(O)C(C)O1. The van der Waals surface area contributed by atoms with Crippen molar-refractivity contribution in [3.05, 3.63) is 51.6 Å². The lowest BCUT2D eigenvalue weighted by atomic mass is 9.74. The summed E-state index contributed by atoms with van der Waals surface area (Å²) in [6, 6.07) is 3.94. The smallest absolute Gasteiger partial charge is 0.202 e. The Bertz CT molecular complexity index is 1310. The lowest BCUT2D eigenvalue weighted by molar-refractivity contribution is -0.243. The molecule has 10 heteroatoms. The van der Waals surface area contributed by atoms with Crippen LogP contribution in [0.4, 0.5) is 0 Å². The number of nitrogens with two attached hydrogens (primary N) is 1. The second-order valence-corrected chi connectivity index (χ2v) is 9.91. The van der Waals surface area contributed by atoms with E-state index in [0.717, 1.165) is 0 Å². The number of phenols is 2. The Kier molecular flexibility index (Phi) is 6.31. The average Bonchev–Trinajstić information content (AvgIpc) is 2.86. The van der Waals surface area contributed by atoms with Gasteiger partial charge < -0.3 is 35.3 Å². The van der Waals surface area contributed by atoms with Gasteiger partial charge in [-0.05, 0) is 32.8 Å². The van der Waals surface area contributed by atoms with Gasteiger partial charge in [-0.1, -0.05) is 12.1 Å². The van der Waals surface area contributed by atoms with Crippen molar-refractivity contribution in [2.24, 2.45) is 11.7 Å². The van der Waals surface area contributed by atoms with Gasteiger partial charge in [0, 0.05) is 35.1 Å². The van der Waals surface area contributed by atoms with Gasteiger partial charge in [0.2, 0.25) is 5.78 Å². The fourth-order valence-electron chi connectivity index (χ4n) is 5.67. The Morgan fingerprint density at radius 3 is 2.43 bits per heavy atom. The highest BCUT2D eigenvalue weighted by molar-refractivity contribution is 6.31. The molecule has 196 valence electrons. The molecule has 5 rings (SSSR count). The van der Waals surface area contributed by atoms with Crippen LogP contribution in [0, 0.1) is 5.92 Å². The number of hydrogen-bond donors (Lipinski definition) is 4. The molecule has 1 saturated heterocycles. The Balaban J connectivity index is 1.65. The summed E-state index contributed by atoms with van der Waals surface area (Å²) >= 11 is 0. The number of rotatable bonds is 4. The molecule has 4 unspecified atom stereocenters. The summed E-state index contributed by atoms with van der Waals surface area (Å²) in [6.45, 7) is 3.08. The van der Waals surface area contributed by atoms with E-state index < -0.39 is 59.6 Å². The van der Waals surface area contributed by atoms with Gasteiger partial charge in [0.15, 0.2) is 12.1 Å². The zero-order chi connectivity index (χ0) is 26.8. The van der Waals surface area contributed by atoms with Crippen LogP contribution >= 0.6 is 0 Å². The van der Waals surface area contributed by atoms with Crippen molar-refractivity contribution >= 4 is 17.3 Å². The number of aliphatic hydroxyl groups is 1. The Morgan fingerprint density at radius 2 is 1.78 bits per heavy atom. The van der Waals surface area contributed by atoms with E-state index in [1.54, 1.807) is 13.0 Å². The summed E-state index contributed by atoms with van der Waals surface area (Å²) in [6.07, 6.45) is -2.95. The summed E-state index contributed by atoms with van der Waals surface area (Å²) in [7, 11) is 1.37. The molecule has 37 heavy (non-hydrogen) atoms. The topological polar surface area (TPSA) is 166 Å². The zero-order valence-electron chi connectivity index (χ0n) is 20.7. The highest BCUT2D eigenvalue weighted by Gasteiger charge is 2.44. The molecule has 0 bridgehead atoms. The standard InChI is InChI=1S/C27H29NO9/c1-10(29)12-7-14-20(17(8-12)37-18-9-15(28)23(30)11(2)36-18)27(34)22-21(25(14)32)24(31)13-5-4-6-16(35-3)19(13)26(22)33/h4-6,11-12,15,17-18,23,30,32,34H,7-9,28H2,1-3H3/t11?,12-,15?,17+,18?,23?/m1/s1. The molecule has 0 aromatic heterocycles. The third-order valence-corrected chi connectivity index (χ3v) is 7.67. The summed E-state index contributed by atoms with van der Waals surface area (Å²) in [5, 5.41) is 32.9. The molecule has 1 heterocycles. The minimum Gasteiger partial charge on any atom is -0.507 e. The normalized spacial score (nSPS) is 28.8. The molecule has 2 aromatic carbocycles. The number of aromatic hydroxyl groups is 2. The zero-order valence-corrected chi connectivity index (χ0v) is 20.7. The number of aliphatic hydroxyl groups excluding tert-OH is 1. The first-order chi connectivity index (χ1) is 17.5. The largest absolute Gasteiger partial charge is 0.507 e. The van der Waals surface area contributed by atoms with Crippen LogP contribution in [-0.2, 0) is 20.7 Å². The maximum atomic E-state index is 13.6. The minimum absolute atomic E-state index is 0.00330.